The molecule has 0 spiro atoms. The van der Waals surface area contributed by atoms with E-state index in [1.54, 1.807) is 18.2 Å². The molecule has 3 aromatic rings. The van der Waals surface area contributed by atoms with Gasteiger partial charge in [-0.25, -0.2) is 4.79 Å². The third-order valence-corrected chi connectivity index (χ3v) is 4.89. The van der Waals surface area contributed by atoms with E-state index in [2.05, 4.69) is 5.16 Å². The Morgan fingerprint density at radius 1 is 1.21 bits per heavy atom. The van der Waals surface area contributed by atoms with E-state index in [-0.39, 0.29) is 19.3 Å². The number of ether oxygens (including phenoxy) is 3. The van der Waals surface area contributed by atoms with E-state index >= 15 is 0 Å². The average molecular weight is 434 g/mol. The largest absolute Gasteiger partial charge is 0.490 e. The Bertz CT molecular complexity index is 1050. The lowest BCUT2D eigenvalue weighted by Gasteiger charge is -2.07. The summed E-state index contributed by atoms with van der Waals surface area (Å²) in [5.41, 5.74) is 2.53. The highest BCUT2D eigenvalue weighted by Crippen LogP contribution is 2.33. The van der Waals surface area contributed by atoms with Crippen molar-refractivity contribution >= 4 is 29.2 Å². The zero-order valence-corrected chi connectivity index (χ0v) is 17.0. The van der Waals surface area contributed by atoms with Gasteiger partial charge in [0, 0.05) is 23.1 Å². The number of nitrogens with zero attached hydrogens (tertiary/aromatic N) is 1. The summed E-state index contributed by atoms with van der Waals surface area (Å²) in [6.07, 6.45) is 1.04. The molecular formula is C21H17Cl2NO5. The van der Waals surface area contributed by atoms with Crippen molar-refractivity contribution in [3.63, 3.8) is 0 Å². The summed E-state index contributed by atoms with van der Waals surface area (Å²) in [6, 6.07) is 12.4. The lowest BCUT2D eigenvalue weighted by molar-refractivity contribution is -0.147. The van der Waals surface area contributed by atoms with Crippen molar-refractivity contribution in [1.29, 1.82) is 0 Å². The summed E-state index contributed by atoms with van der Waals surface area (Å²) in [5, 5.41) is 4.76. The van der Waals surface area contributed by atoms with Gasteiger partial charge in [-0.2, -0.15) is 0 Å². The molecule has 0 saturated carbocycles. The number of hydrogen-bond donors (Lipinski definition) is 0. The van der Waals surface area contributed by atoms with Crippen LogP contribution in [0.2, 0.25) is 10.0 Å². The third kappa shape index (κ3) is 4.66. The van der Waals surface area contributed by atoms with Crippen molar-refractivity contribution in [3.8, 4) is 22.8 Å². The van der Waals surface area contributed by atoms with E-state index in [0.717, 1.165) is 23.3 Å². The number of carbonyl (C=O) groups is 1. The number of aromatic nitrogens is 1. The quantitative estimate of drug-likeness (QED) is 0.503. The van der Waals surface area contributed by atoms with E-state index in [1.165, 1.54) is 6.07 Å². The van der Waals surface area contributed by atoms with Gasteiger partial charge in [0.05, 0.1) is 5.02 Å². The first-order valence-electron chi connectivity index (χ1n) is 8.97. The first-order valence-corrected chi connectivity index (χ1v) is 9.72. The molecule has 0 N–H and O–H groups in total. The molecule has 8 heteroatoms. The summed E-state index contributed by atoms with van der Waals surface area (Å²) in [6.45, 7) is 1.73. The zero-order valence-electron chi connectivity index (χ0n) is 15.5. The minimum atomic E-state index is -0.552. The van der Waals surface area contributed by atoms with Gasteiger partial charge in [-0.1, -0.05) is 28.4 Å². The Hall–Kier alpha value is -2.70. The van der Waals surface area contributed by atoms with Gasteiger partial charge in [0.25, 0.3) is 0 Å². The fourth-order valence-corrected chi connectivity index (χ4v) is 3.48. The molecule has 1 aromatic heterocycles. The van der Waals surface area contributed by atoms with Gasteiger partial charge in [-0.15, -0.1) is 0 Å². The molecule has 0 bridgehead atoms. The summed E-state index contributed by atoms with van der Waals surface area (Å²) in [7, 11) is 0. The first-order chi connectivity index (χ1) is 14.0. The number of hydrogen-bond acceptors (Lipinski definition) is 6. The maximum atomic E-state index is 11.9. The molecule has 1 aliphatic rings. The summed E-state index contributed by atoms with van der Waals surface area (Å²) in [5.74, 6) is 1.30. The van der Waals surface area contributed by atoms with Gasteiger partial charge >= 0.3 is 5.97 Å². The van der Waals surface area contributed by atoms with E-state index in [4.69, 9.17) is 41.9 Å². The van der Waals surface area contributed by atoms with Crippen LogP contribution in [0.15, 0.2) is 47.0 Å². The van der Waals surface area contributed by atoms with Crippen molar-refractivity contribution in [2.75, 3.05) is 6.61 Å². The standard InChI is InChI=1S/C21H17Cl2NO5/c1-12-6-14-7-13(2-4-18(14)28-12)20-9-16(24-29-20)10-27-21(25)11-26-19-5-3-15(22)8-17(19)23/h2-5,7-9,12H,6,10-11H2,1H3. The van der Waals surface area contributed by atoms with Crippen LogP contribution in [-0.2, 0) is 22.6 Å². The summed E-state index contributed by atoms with van der Waals surface area (Å²) in [4.78, 5) is 11.9. The maximum absolute atomic E-state index is 11.9. The van der Waals surface area contributed by atoms with Gasteiger partial charge in [0.15, 0.2) is 12.4 Å². The Morgan fingerprint density at radius 2 is 2.07 bits per heavy atom. The van der Waals surface area contributed by atoms with Crippen LogP contribution in [0.3, 0.4) is 0 Å². The number of benzene rings is 2. The van der Waals surface area contributed by atoms with Crippen molar-refractivity contribution in [2.24, 2.45) is 0 Å². The number of fused-ring (bicyclic) bond motifs is 1. The zero-order chi connectivity index (χ0) is 20.4. The van der Waals surface area contributed by atoms with Crippen LogP contribution in [0.5, 0.6) is 11.5 Å². The summed E-state index contributed by atoms with van der Waals surface area (Å²) >= 11 is 11.8. The number of rotatable bonds is 6. The molecule has 0 saturated heterocycles. The van der Waals surface area contributed by atoms with E-state index in [0.29, 0.717) is 27.2 Å². The topological polar surface area (TPSA) is 70.8 Å². The number of esters is 1. The van der Waals surface area contributed by atoms with Crippen LogP contribution in [0.25, 0.3) is 11.3 Å². The van der Waals surface area contributed by atoms with E-state index < -0.39 is 5.97 Å². The molecule has 0 amide bonds. The van der Waals surface area contributed by atoms with Gasteiger partial charge < -0.3 is 18.7 Å². The summed E-state index contributed by atoms with van der Waals surface area (Å²) < 4.78 is 21.6. The fraction of sp³-hybridized carbons (Fsp3) is 0.238. The highest BCUT2D eigenvalue weighted by Gasteiger charge is 2.20. The van der Waals surface area contributed by atoms with Crippen molar-refractivity contribution in [3.05, 3.63) is 63.8 Å². The van der Waals surface area contributed by atoms with E-state index in [1.807, 2.05) is 25.1 Å². The van der Waals surface area contributed by atoms with Gasteiger partial charge in [-0.3, -0.25) is 0 Å². The lowest BCUT2D eigenvalue weighted by Crippen LogP contribution is -2.15. The molecule has 2 aromatic carbocycles. The molecule has 0 aliphatic carbocycles. The minimum Gasteiger partial charge on any atom is -0.490 e. The molecule has 2 heterocycles. The van der Waals surface area contributed by atoms with Crippen LogP contribution < -0.4 is 9.47 Å². The van der Waals surface area contributed by atoms with Crippen LogP contribution >= 0.6 is 23.2 Å². The second-order valence-electron chi connectivity index (χ2n) is 6.66. The number of carbonyl (C=O) groups excluding carboxylic acids is 1. The van der Waals surface area contributed by atoms with Crippen LogP contribution in [-0.4, -0.2) is 23.8 Å². The molecule has 1 atom stereocenters. The predicted molar refractivity (Wildman–Crippen MR) is 107 cm³/mol. The molecule has 1 aliphatic heterocycles. The Kier molecular flexibility index (Phi) is 5.65. The average Bonchev–Trinajstić information content (AvgIpc) is 3.30. The highest BCUT2D eigenvalue weighted by atomic mass is 35.5. The Morgan fingerprint density at radius 3 is 2.90 bits per heavy atom. The molecule has 0 fully saturated rings. The smallest absolute Gasteiger partial charge is 0.344 e. The van der Waals surface area contributed by atoms with Gasteiger partial charge in [0.2, 0.25) is 0 Å². The molecular weight excluding hydrogens is 417 g/mol. The van der Waals surface area contributed by atoms with E-state index in [9.17, 15) is 4.79 Å². The highest BCUT2D eigenvalue weighted by molar-refractivity contribution is 6.35. The molecule has 0 radical (unpaired) electrons. The molecule has 150 valence electrons. The fourth-order valence-electron chi connectivity index (χ4n) is 3.02. The minimum absolute atomic E-state index is 0.0227. The molecule has 1 unspecified atom stereocenters. The predicted octanol–water partition coefficient (Wildman–Crippen LogP) is 5.09. The maximum Gasteiger partial charge on any atom is 0.344 e. The van der Waals surface area contributed by atoms with Crippen LogP contribution in [0.1, 0.15) is 18.2 Å². The van der Waals surface area contributed by atoms with Crippen molar-refractivity contribution < 1.29 is 23.5 Å². The normalized spacial score (nSPS) is 14.9. The second-order valence-corrected chi connectivity index (χ2v) is 7.51. The van der Waals surface area contributed by atoms with Gasteiger partial charge in [0.1, 0.15) is 29.9 Å². The number of halogens is 2. The molecule has 4 rings (SSSR count). The Balaban J connectivity index is 1.31. The van der Waals surface area contributed by atoms with Gasteiger partial charge in [-0.05, 0) is 48.9 Å². The molecule has 6 nitrogen and oxygen atoms in total. The third-order valence-electron chi connectivity index (χ3n) is 4.36. The van der Waals surface area contributed by atoms with Crippen molar-refractivity contribution in [1.82, 2.24) is 5.16 Å². The first kappa shape index (κ1) is 19.6. The Labute approximate surface area is 177 Å². The SMILES string of the molecule is CC1Cc2cc(-c3cc(COC(=O)COc4ccc(Cl)cc4Cl)no3)ccc2O1. The van der Waals surface area contributed by atoms with Crippen LogP contribution in [0, 0.1) is 0 Å². The monoisotopic (exact) mass is 433 g/mol. The van der Waals surface area contributed by atoms with Crippen LogP contribution in [0.4, 0.5) is 0 Å². The lowest BCUT2D eigenvalue weighted by atomic mass is 10.1. The molecule has 29 heavy (non-hydrogen) atoms. The second kappa shape index (κ2) is 8.35. The van der Waals surface area contributed by atoms with Crippen molar-refractivity contribution in [2.45, 2.75) is 26.1 Å².